The van der Waals surface area contributed by atoms with Gasteiger partial charge >= 0.3 is 0 Å². The van der Waals surface area contributed by atoms with Gasteiger partial charge in [0.15, 0.2) is 5.78 Å². The van der Waals surface area contributed by atoms with E-state index in [2.05, 4.69) is 11.9 Å². The van der Waals surface area contributed by atoms with Crippen LogP contribution in [0, 0.1) is 6.92 Å². The maximum Gasteiger partial charge on any atom is 0.172 e. The second-order valence-electron chi connectivity index (χ2n) is 5.77. The number of rotatable bonds is 8. The molecule has 2 N–H and O–H groups in total. The summed E-state index contributed by atoms with van der Waals surface area (Å²) in [7, 11) is 0. The van der Waals surface area contributed by atoms with Gasteiger partial charge in [0, 0.05) is 11.4 Å². The highest BCUT2D eigenvalue weighted by Crippen LogP contribution is 2.29. The van der Waals surface area contributed by atoms with Crippen molar-refractivity contribution in [2.75, 3.05) is 0 Å². The third kappa shape index (κ3) is 4.79. The Bertz CT molecular complexity index is 679. The first-order chi connectivity index (χ1) is 11.0. The summed E-state index contributed by atoms with van der Waals surface area (Å²) in [5.74, 6) is -0.292. The van der Waals surface area contributed by atoms with E-state index >= 15 is 0 Å². The molecule has 2 rings (SSSR count). The average Bonchev–Trinajstić information content (AvgIpc) is 2.90. The number of nitrogens with zero attached hydrogens (tertiary/aromatic N) is 1. The minimum atomic E-state index is -0.178. The predicted molar refractivity (Wildman–Crippen MR) is 92.5 cm³/mol. The smallest absolute Gasteiger partial charge is 0.172 e. The largest absolute Gasteiger partial charge is 0.508 e. The van der Waals surface area contributed by atoms with Crippen molar-refractivity contribution in [2.24, 2.45) is 0 Å². The molecule has 0 bridgehead atoms. The molecule has 0 fully saturated rings. The summed E-state index contributed by atoms with van der Waals surface area (Å²) in [6.45, 7) is 4.04. The van der Waals surface area contributed by atoms with Gasteiger partial charge in [0.05, 0.1) is 22.7 Å². The third-order valence-corrected chi connectivity index (χ3v) is 4.63. The molecular formula is C18H23NO3S. The molecule has 0 saturated heterocycles. The number of hydrogen-bond acceptors (Lipinski definition) is 5. The standard InChI is InChI=1S/C18H23NO3S/c1-3-4-5-6-7-13-8-15(18(22)10-16(13)20)17(21)9-14-11-23-12(2)19-14/h8,10-11,20,22H,3-7,9H2,1-2H3. The van der Waals surface area contributed by atoms with Crippen LogP contribution in [0.1, 0.15) is 59.2 Å². The second-order valence-corrected chi connectivity index (χ2v) is 6.83. The zero-order valence-corrected chi connectivity index (χ0v) is 14.4. The topological polar surface area (TPSA) is 70.4 Å². The summed E-state index contributed by atoms with van der Waals surface area (Å²) in [4.78, 5) is 16.7. The van der Waals surface area contributed by atoms with Crippen molar-refractivity contribution in [3.8, 4) is 11.5 Å². The summed E-state index contributed by atoms with van der Waals surface area (Å²) in [5.41, 5.74) is 1.70. The summed E-state index contributed by atoms with van der Waals surface area (Å²) >= 11 is 1.50. The lowest BCUT2D eigenvalue weighted by atomic mass is 9.98. The average molecular weight is 333 g/mol. The van der Waals surface area contributed by atoms with Crippen LogP contribution in [-0.2, 0) is 12.8 Å². The molecule has 0 aliphatic rings. The first-order valence-corrected chi connectivity index (χ1v) is 8.88. The van der Waals surface area contributed by atoms with Crippen molar-refractivity contribution in [2.45, 2.75) is 52.4 Å². The molecule has 0 unspecified atom stereocenters. The van der Waals surface area contributed by atoms with E-state index in [1.54, 1.807) is 6.07 Å². The number of hydrogen-bond donors (Lipinski definition) is 2. The highest BCUT2D eigenvalue weighted by Gasteiger charge is 2.16. The number of thiazole rings is 1. The highest BCUT2D eigenvalue weighted by molar-refractivity contribution is 7.09. The second kappa shape index (κ2) is 8.11. The molecule has 0 aliphatic heterocycles. The van der Waals surface area contributed by atoms with Crippen LogP contribution in [0.4, 0.5) is 0 Å². The first kappa shape index (κ1) is 17.5. The molecule has 124 valence electrons. The summed E-state index contributed by atoms with van der Waals surface area (Å²) in [6, 6.07) is 2.90. The molecule has 0 saturated carbocycles. The maximum atomic E-state index is 12.4. The highest BCUT2D eigenvalue weighted by atomic mass is 32.1. The SMILES string of the molecule is CCCCCCc1cc(C(=O)Cc2csc(C)n2)c(O)cc1O. The number of benzene rings is 1. The summed E-state index contributed by atoms with van der Waals surface area (Å²) in [5, 5.41) is 22.7. The minimum absolute atomic E-state index is 0.0556. The number of carbonyl (C=O) groups excluding carboxylic acids is 1. The Morgan fingerprint density at radius 1 is 1.17 bits per heavy atom. The Balaban J connectivity index is 2.12. The van der Waals surface area contributed by atoms with Crippen molar-refractivity contribution in [3.05, 3.63) is 39.3 Å². The lowest BCUT2D eigenvalue weighted by Crippen LogP contribution is -2.05. The van der Waals surface area contributed by atoms with Crippen molar-refractivity contribution >= 4 is 17.1 Å². The molecule has 2 aromatic rings. The van der Waals surface area contributed by atoms with E-state index in [1.165, 1.54) is 17.4 Å². The molecule has 4 nitrogen and oxygen atoms in total. The molecule has 1 heterocycles. The van der Waals surface area contributed by atoms with Crippen LogP contribution in [0.3, 0.4) is 0 Å². The van der Waals surface area contributed by atoms with Gasteiger partial charge in [-0.25, -0.2) is 4.98 Å². The van der Waals surface area contributed by atoms with Gasteiger partial charge < -0.3 is 10.2 Å². The minimum Gasteiger partial charge on any atom is -0.508 e. The van der Waals surface area contributed by atoms with Crippen molar-refractivity contribution in [1.82, 2.24) is 4.98 Å². The molecule has 0 amide bonds. The molecule has 23 heavy (non-hydrogen) atoms. The Hall–Kier alpha value is -1.88. The van der Waals surface area contributed by atoms with Gasteiger partial charge in [0.2, 0.25) is 0 Å². The van der Waals surface area contributed by atoms with E-state index in [0.29, 0.717) is 6.42 Å². The fourth-order valence-corrected chi connectivity index (χ4v) is 3.15. The van der Waals surface area contributed by atoms with Crippen molar-refractivity contribution < 1.29 is 15.0 Å². The number of ketones is 1. The number of unbranched alkanes of at least 4 members (excludes halogenated alkanes) is 3. The zero-order valence-electron chi connectivity index (χ0n) is 13.6. The molecule has 0 radical (unpaired) electrons. The number of Topliss-reactive ketones (excluding diaryl/α,β-unsaturated/α-hetero) is 1. The van der Waals surface area contributed by atoms with Crippen LogP contribution in [0.5, 0.6) is 11.5 Å². The van der Waals surface area contributed by atoms with E-state index in [-0.39, 0.29) is 29.3 Å². The quantitative estimate of drug-likeness (QED) is 0.554. The van der Waals surface area contributed by atoms with Crippen LogP contribution in [0.25, 0.3) is 0 Å². The summed E-state index contributed by atoms with van der Waals surface area (Å²) < 4.78 is 0. The van der Waals surface area contributed by atoms with Crippen molar-refractivity contribution in [3.63, 3.8) is 0 Å². The van der Waals surface area contributed by atoms with Gasteiger partial charge in [-0.05, 0) is 31.4 Å². The Kier molecular flexibility index (Phi) is 6.16. The normalized spacial score (nSPS) is 10.9. The van der Waals surface area contributed by atoms with Crippen molar-refractivity contribution in [1.29, 1.82) is 0 Å². The number of aryl methyl sites for hydroxylation is 2. The molecule has 1 aromatic carbocycles. The lowest BCUT2D eigenvalue weighted by Gasteiger charge is -2.09. The fraction of sp³-hybridized carbons (Fsp3) is 0.444. The van der Waals surface area contributed by atoms with Gasteiger partial charge in [0.25, 0.3) is 0 Å². The van der Waals surface area contributed by atoms with E-state index in [1.807, 2.05) is 12.3 Å². The Morgan fingerprint density at radius 2 is 1.96 bits per heavy atom. The van der Waals surface area contributed by atoms with E-state index in [4.69, 9.17) is 0 Å². The molecule has 5 heteroatoms. The lowest BCUT2D eigenvalue weighted by molar-refractivity contribution is 0.0989. The zero-order chi connectivity index (χ0) is 16.8. The maximum absolute atomic E-state index is 12.4. The van der Waals surface area contributed by atoms with Gasteiger partial charge in [-0.2, -0.15) is 0 Å². The molecular weight excluding hydrogens is 310 g/mol. The van der Waals surface area contributed by atoms with Crippen LogP contribution < -0.4 is 0 Å². The Morgan fingerprint density at radius 3 is 2.61 bits per heavy atom. The number of phenols is 2. The number of aromatic hydroxyl groups is 2. The van der Waals surface area contributed by atoms with E-state index in [9.17, 15) is 15.0 Å². The number of aromatic nitrogens is 1. The molecule has 0 spiro atoms. The third-order valence-electron chi connectivity index (χ3n) is 3.81. The molecule has 0 aliphatic carbocycles. The van der Waals surface area contributed by atoms with Crippen LogP contribution >= 0.6 is 11.3 Å². The first-order valence-electron chi connectivity index (χ1n) is 8.00. The predicted octanol–water partition coefficient (Wildman–Crippen LogP) is 4.41. The fourth-order valence-electron chi connectivity index (χ4n) is 2.54. The van der Waals surface area contributed by atoms with E-state index < -0.39 is 0 Å². The van der Waals surface area contributed by atoms with E-state index in [0.717, 1.165) is 41.9 Å². The molecule has 1 aromatic heterocycles. The molecule has 0 atom stereocenters. The van der Waals surface area contributed by atoms with Crippen LogP contribution in [-0.4, -0.2) is 21.0 Å². The van der Waals surface area contributed by atoms with Gasteiger partial charge in [-0.3, -0.25) is 4.79 Å². The van der Waals surface area contributed by atoms with Crippen LogP contribution in [0.15, 0.2) is 17.5 Å². The monoisotopic (exact) mass is 333 g/mol. The van der Waals surface area contributed by atoms with Crippen LogP contribution in [0.2, 0.25) is 0 Å². The van der Waals surface area contributed by atoms with Gasteiger partial charge in [-0.15, -0.1) is 11.3 Å². The summed E-state index contributed by atoms with van der Waals surface area (Å²) in [6.07, 6.45) is 5.25. The number of carbonyl (C=O) groups is 1. The number of phenolic OH excluding ortho intramolecular Hbond substituents is 2. The van der Waals surface area contributed by atoms with Gasteiger partial charge in [0.1, 0.15) is 11.5 Å². The Labute approximate surface area is 140 Å². The van der Waals surface area contributed by atoms with Gasteiger partial charge in [-0.1, -0.05) is 26.2 Å².